The SMILES string of the molecule is CC[C@H](O)[C@](CCN(C)C)(C(=O)N(C)C)c1ccccc1. The van der Waals surface area contributed by atoms with E-state index in [-0.39, 0.29) is 5.91 Å². The largest absolute Gasteiger partial charge is 0.392 e. The van der Waals surface area contributed by atoms with Crippen LogP contribution in [0.25, 0.3) is 0 Å². The number of hydrogen-bond donors (Lipinski definition) is 1. The second kappa shape index (κ2) is 7.57. The van der Waals surface area contributed by atoms with Gasteiger partial charge in [0.25, 0.3) is 0 Å². The Bertz CT molecular complexity index is 445. The summed E-state index contributed by atoms with van der Waals surface area (Å²) < 4.78 is 0. The first-order valence-electron chi connectivity index (χ1n) is 7.46. The summed E-state index contributed by atoms with van der Waals surface area (Å²) in [6.07, 6.45) is 0.438. The molecule has 0 aliphatic rings. The lowest BCUT2D eigenvalue weighted by Crippen LogP contribution is -2.53. The summed E-state index contributed by atoms with van der Waals surface area (Å²) in [5, 5.41) is 10.7. The molecule has 1 rings (SSSR count). The van der Waals surface area contributed by atoms with Gasteiger partial charge in [-0.3, -0.25) is 4.79 Å². The van der Waals surface area contributed by atoms with E-state index in [0.717, 1.165) is 12.1 Å². The number of amides is 1. The summed E-state index contributed by atoms with van der Waals surface area (Å²) in [5.41, 5.74) is 0.00366. The van der Waals surface area contributed by atoms with Gasteiger partial charge in [0, 0.05) is 14.1 Å². The van der Waals surface area contributed by atoms with Crippen molar-refractivity contribution in [2.45, 2.75) is 31.3 Å². The van der Waals surface area contributed by atoms with Crippen molar-refractivity contribution in [3.05, 3.63) is 35.9 Å². The van der Waals surface area contributed by atoms with Crippen molar-refractivity contribution in [1.29, 1.82) is 0 Å². The van der Waals surface area contributed by atoms with Gasteiger partial charge in [0.15, 0.2) is 0 Å². The second-order valence-corrected chi connectivity index (χ2v) is 6.01. The van der Waals surface area contributed by atoms with E-state index in [2.05, 4.69) is 0 Å². The minimum atomic E-state index is -0.885. The lowest BCUT2D eigenvalue weighted by molar-refractivity contribution is -0.140. The van der Waals surface area contributed by atoms with Gasteiger partial charge in [-0.25, -0.2) is 0 Å². The molecule has 0 saturated carbocycles. The van der Waals surface area contributed by atoms with Crippen LogP contribution < -0.4 is 0 Å². The summed E-state index contributed by atoms with van der Waals surface area (Å²) in [5.74, 6) is -0.0371. The molecule has 0 bridgehead atoms. The predicted octanol–water partition coefficient (Wildman–Crippen LogP) is 1.74. The number of aliphatic hydroxyl groups excluding tert-OH is 1. The van der Waals surface area contributed by atoms with Crippen LogP contribution in [0.5, 0.6) is 0 Å². The summed E-state index contributed by atoms with van der Waals surface area (Å²) in [6.45, 7) is 2.66. The molecule has 0 unspecified atom stereocenters. The lowest BCUT2D eigenvalue weighted by atomic mass is 9.71. The molecule has 0 heterocycles. The Morgan fingerprint density at radius 3 is 2.19 bits per heavy atom. The molecule has 0 spiro atoms. The third kappa shape index (κ3) is 3.83. The lowest BCUT2D eigenvalue weighted by Gasteiger charge is -2.39. The quantitative estimate of drug-likeness (QED) is 0.832. The van der Waals surface area contributed by atoms with Gasteiger partial charge in [-0.15, -0.1) is 0 Å². The average Bonchev–Trinajstić information content (AvgIpc) is 2.47. The molecular formula is C17H28N2O2. The normalized spacial score (nSPS) is 15.6. The smallest absolute Gasteiger partial charge is 0.235 e. The van der Waals surface area contributed by atoms with E-state index in [9.17, 15) is 9.90 Å². The van der Waals surface area contributed by atoms with Crippen molar-refractivity contribution < 1.29 is 9.90 Å². The molecule has 1 aromatic rings. The zero-order valence-corrected chi connectivity index (χ0v) is 13.8. The Morgan fingerprint density at radius 2 is 1.76 bits per heavy atom. The summed E-state index contributed by atoms with van der Waals surface area (Å²) in [6, 6.07) is 9.65. The van der Waals surface area contributed by atoms with Crippen molar-refractivity contribution in [2.24, 2.45) is 0 Å². The van der Waals surface area contributed by atoms with Gasteiger partial charge < -0.3 is 14.9 Å². The average molecular weight is 292 g/mol. The monoisotopic (exact) mass is 292 g/mol. The number of aliphatic hydroxyl groups is 1. The number of rotatable bonds is 7. The number of likely N-dealkylation sites (N-methyl/N-ethyl adjacent to an activating group) is 1. The van der Waals surface area contributed by atoms with Gasteiger partial charge in [-0.1, -0.05) is 37.3 Å². The highest BCUT2D eigenvalue weighted by Crippen LogP contribution is 2.35. The fourth-order valence-corrected chi connectivity index (χ4v) is 2.76. The zero-order chi connectivity index (χ0) is 16.0. The Labute approximate surface area is 128 Å². The third-order valence-corrected chi connectivity index (χ3v) is 3.99. The van der Waals surface area contributed by atoms with E-state index in [1.807, 2.05) is 56.3 Å². The van der Waals surface area contributed by atoms with E-state index in [0.29, 0.717) is 12.8 Å². The van der Waals surface area contributed by atoms with Gasteiger partial charge in [0.2, 0.25) is 5.91 Å². The van der Waals surface area contributed by atoms with Crippen LogP contribution in [0.1, 0.15) is 25.3 Å². The molecule has 0 aromatic heterocycles. The molecule has 0 aliphatic carbocycles. The summed E-state index contributed by atoms with van der Waals surface area (Å²) in [4.78, 5) is 16.6. The first-order valence-corrected chi connectivity index (χ1v) is 7.46. The van der Waals surface area contributed by atoms with Crippen molar-refractivity contribution in [3.63, 3.8) is 0 Å². The van der Waals surface area contributed by atoms with Crippen molar-refractivity contribution in [3.8, 4) is 0 Å². The molecular weight excluding hydrogens is 264 g/mol. The van der Waals surface area contributed by atoms with Gasteiger partial charge in [0.05, 0.1) is 6.10 Å². The van der Waals surface area contributed by atoms with Gasteiger partial charge in [-0.05, 0) is 39.0 Å². The third-order valence-electron chi connectivity index (χ3n) is 3.99. The van der Waals surface area contributed by atoms with Crippen LogP contribution in [0, 0.1) is 0 Å². The number of carbonyl (C=O) groups is 1. The van der Waals surface area contributed by atoms with E-state index in [1.165, 1.54) is 0 Å². The van der Waals surface area contributed by atoms with Gasteiger partial charge in [0.1, 0.15) is 5.41 Å². The van der Waals surface area contributed by atoms with Crippen LogP contribution in [0.2, 0.25) is 0 Å². The predicted molar refractivity (Wildman–Crippen MR) is 86.3 cm³/mol. The number of carbonyl (C=O) groups excluding carboxylic acids is 1. The fourth-order valence-electron chi connectivity index (χ4n) is 2.76. The standard InChI is InChI=1S/C17H28N2O2/c1-6-15(20)17(12-13-18(2)3,16(21)19(4)5)14-10-8-7-9-11-14/h7-11,15,20H,6,12-13H2,1-5H3/t15-,17+/m0/s1. The van der Waals surface area contributed by atoms with Crippen LogP contribution in [0.3, 0.4) is 0 Å². The maximum absolute atomic E-state index is 12.9. The highest BCUT2D eigenvalue weighted by molar-refractivity contribution is 5.88. The summed E-state index contributed by atoms with van der Waals surface area (Å²) >= 11 is 0. The molecule has 118 valence electrons. The molecule has 0 fully saturated rings. The molecule has 2 atom stereocenters. The molecule has 0 aliphatic heterocycles. The Kier molecular flexibility index (Phi) is 6.37. The van der Waals surface area contributed by atoms with E-state index < -0.39 is 11.5 Å². The van der Waals surface area contributed by atoms with E-state index >= 15 is 0 Å². The number of nitrogens with zero attached hydrogens (tertiary/aromatic N) is 2. The number of benzene rings is 1. The minimum Gasteiger partial charge on any atom is -0.392 e. The van der Waals surface area contributed by atoms with Gasteiger partial charge >= 0.3 is 0 Å². The van der Waals surface area contributed by atoms with Crippen LogP contribution in [-0.4, -0.2) is 61.7 Å². The molecule has 0 saturated heterocycles. The topological polar surface area (TPSA) is 43.8 Å². The maximum atomic E-state index is 12.9. The van der Waals surface area contributed by atoms with Crippen molar-refractivity contribution in [2.75, 3.05) is 34.7 Å². The molecule has 4 heteroatoms. The van der Waals surface area contributed by atoms with Gasteiger partial charge in [-0.2, -0.15) is 0 Å². The van der Waals surface area contributed by atoms with Crippen molar-refractivity contribution >= 4 is 5.91 Å². The molecule has 0 radical (unpaired) electrons. The minimum absolute atomic E-state index is 0.0371. The first-order chi connectivity index (χ1) is 9.86. The van der Waals surface area contributed by atoms with Crippen LogP contribution in [0.4, 0.5) is 0 Å². The maximum Gasteiger partial charge on any atom is 0.235 e. The highest BCUT2D eigenvalue weighted by atomic mass is 16.3. The first kappa shape index (κ1) is 17.7. The van der Waals surface area contributed by atoms with Crippen molar-refractivity contribution in [1.82, 2.24) is 9.80 Å². The summed E-state index contributed by atoms with van der Waals surface area (Å²) in [7, 11) is 7.46. The zero-order valence-electron chi connectivity index (χ0n) is 13.8. The molecule has 21 heavy (non-hydrogen) atoms. The molecule has 1 amide bonds. The number of hydrogen-bond acceptors (Lipinski definition) is 3. The Hall–Kier alpha value is -1.39. The van der Waals surface area contributed by atoms with Crippen LogP contribution >= 0.6 is 0 Å². The van der Waals surface area contributed by atoms with Crippen LogP contribution in [-0.2, 0) is 10.2 Å². The van der Waals surface area contributed by atoms with E-state index in [4.69, 9.17) is 0 Å². The second-order valence-electron chi connectivity index (χ2n) is 6.01. The Morgan fingerprint density at radius 1 is 1.19 bits per heavy atom. The molecule has 4 nitrogen and oxygen atoms in total. The van der Waals surface area contributed by atoms with Crippen LogP contribution in [0.15, 0.2) is 30.3 Å². The molecule has 1 aromatic carbocycles. The van der Waals surface area contributed by atoms with E-state index in [1.54, 1.807) is 19.0 Å². The Balaban J connectivity index is 3.37. The highest BCUT2D eigenvalue weighted by Gasteiger charge is 2.46. The fraction of sp³-hybridized carbons (Fsp3) is 0.588. The molecule has 1 N–H and O–H groups in total.